The molecule has 0 saturated carbocycles. The van der Waals surface area contributed by atoms with Gasteiger partial charge >= 0.3 is 0 Å². The average molecular weight is 492 g/mol. The lowest BCUT2D eigenvalue weighted by molar-refractivity contribution is 0.102. The SMILES string of the molecule is COc1cccc(C(=O)Nc2cc(C)nc(-c3nsc(Nc4ccc5[nH]ncc5c4Cl)n3)c2)c1. The van der Waals surface area contributed by atoms with Crippen molar-refractivity contribution in [3.63, 3.8) is 0 Å². The second-order valence-corrected chi connectivity index (χ2v) is 8.50. The molecule has 0 spiro atoms. The number of H-pyrrole nitrogens is 1. The largest absolute Gasteiger partial charge is 0.497 e. The maximum atomic E-state index is 12.7. The van der Waals surface area contributed by atoms with Crippen LogP contribution in [-0.2, 0) is 0 Å². The Morgan fingerprint density at radius 2 is 2.03 bits per heavy atom. The van der Waals surface area contributed by atoms with Crippen LogP contribution in [0.2, 0.25) is 5.02 Å². The Hall–Kier alpha value is -4.02. The number of aromatic nitrogens is 5. The number of hydrogen-bond donors (Lipinski definition) is 3. The van der Waals surface area contributed by atoms with Crippen molar-refractivity contribution >= 4 is 56.4 Å². The third-order valence-electron chi connectivity index (χ3n) is 5.00. The number of aromatic amines is 1. The van der Waals surface area contributed by atoms with Crippen molar-refractivity contribution in [3.8, 4) is 17.3 Å². The molecule has 3 heterocycles. The zero-order valence-corrected chi connectivity index (χ0v) is 19.7. The first kappa shape index (κ1) is 21.8. The molecule has 0 atom stereocenters. The summed E-state index contributed by atoms with van der Waals surface area (Å²) < 4.78 is 9.62. The minimum Gasteiger partial charge on any atom is -0.497 e. The van der Waals surface area contributed by atoms with E-state index in [1.807, 2.05) is 19.1 Å². The monoisotopic (exact) mass is 491 g/mol. The van der Waals surface area contributed by atoms with E-state index in [1.54, 1.807) is 49.7 Å². The van der Waals surface area contributed by atoms with Gasteiger partial charge in [-0.25, -0.2) is 4.98 Å². The van der Waals surface area contributed by atoms with E-state index in [0.29, 0.717) is 44.4 Å². The van der Waals surface area contributed by atoms with Gasteiger partial charge in [0.2, 0.25) is 5.13 Å². The standard InChI is InChI=1S/C23H18ClN7O2S/c1-12-8-14(27-22(32)13-4-3-5-15(9-13)33-2)10-19(26-12)21-29-23(34-31-21)28-18-7-6-17-16(20(18)24)11-25-30-17/h3-11H,1-2H3,(H,25,30)(H,26,27,32)(H,28,29,31). The summed E-state index contributed by atoms with van der Waals surface area (Å²) in [5.74, 6) is 0.792. The first-order chi connectivity index (χ1) is 16.5. The minimum atomic E-state index is -0.256. The summed E-state index contributed by atoms with van der Waals surface area (Å²) in [7, 11) is 1.56. The molecule has 1 amide bonds. The van der Waals surface area contributed by atoms with Gasteiger partial charge in [0.25, 0.3) is 5.91 Å². The van der Waals surface area contributed by atoms with Gasteiger partial charge in [0.15, 0.2) is 5.82 Å². The van der Waals surface area contributed by atoms with Crippen molar-refractivity contribution in [3.05, 3.63) is 71.0 Å². The van der Waals surface area contributed by atoms with Crippen LogP contribution >= 0.6 is 23.1 Å². The maximum absolute atomic E-state index is 12.7. The summed E-state index contributed by atoms with van der Waals surface area (Å²) in [4.78, 5) is 21.8. The molecule has 11 heteroatoms. The summed E-state index contributed by atoms with van der Waals surface area (Å²) in [6.45, 7) is 1.84. The third-order valence-corrected chi connectivity index (χ3v) is 6.04. The van der Waals surface area contributed by atoms with Gasteiger partial charge in [0.05, 0.1) is 29.5 Å². The second kappa shape index (κ2) is 9.08. The molecule has 9 nitrogen and oxygen atoms in total. The Labute approximate surface area is 203 Å². The van der Waals surface area contributed by atoms with E-state index in [9.17, 15) is 4.79 Å². The minimum absolute atomic E-state index is 0.256. The molecule has 5 aromatic rings. The quantitative estimate of drug-likeness (QED) is 0.289. The average Bonchev–Trinajstić information content (AvgIpc) is 3.51. The number of anilines is 3. The van der Waals surface area contributed by atoms with Gasteiger partial charge in [0.1, 0.15) is 11.4 Å². The van der Waals surface area contributed by atoms with Crippen molar-refractivity contribution < 1.29 is 9.53 Å². The fourth-order valence-electron chi connectivity index (χ4n) is 3.40. The number of nitrogens with one attached hydrogen (secondary N) is 3. The first-order valence-corrected chi connectivity index (χ1v) is 11.3. The van der Waals surface area contributed by atoms with Crippen molar-refractivity contribution in [1.29, 1.82) is 0 Å². The first-order valence-electron chi connectivity index (χ1n) is 10.2. The van der Waals surface area contributed by atoms with E-state index in [4.69, 9.17) is 16.3 Å². The second-order valence-electron chi connectivity index (χ2n) is 7.38. The number of carbonyl (C=O) groups is 1. The predicted octanol–water partition coefficient (Wildman–Crippen LogP) is 5.44. The lowest BCUT2D eigenvalue weighted by Gasteiger charge is -2.08. The maximum Gasteiger partial charge on any atom is 0.255 e. The van der Waals surface area contributed by atoms with Crippen molar-refractivity contribution in [1.82, 2.24) is 24.5 Å². The van der Waals surface area contributed by atoms with E-state index in [2.05, 4.69) is 35.2 Å². The molecule has 34 heavy (non-hydrogen) atoms. The number of hydrogen-bond acceptors (Lipinski definition) is 8. The molecule has 0 aliphatic rings. The van der Waals surface area contributed by atoms with Crippen LogP contribution in [0.5, 0.6) is 5.75 Å². The number of ether oxygens (including phenoxy) is 1. The highest BCUT2D eigenvalue weighted by Gasteiger charge is 2.14. The highest BCUT2D eigenvalue weighted by Crippen LogP contribution is 2.33. The topological polar surface area (TPSA) is 118 Å². The normalized spacial score (nSPS) is 10.9. The van der Waals surface area contributed by atoms with Crippen LogP contribution in [0.4, 0.5) is 16.5 Å². The van der Waals surface area contributed by atoms with Gasteiger partial charge in [-0.15, -0.1) is 0 Å². The lowest BCUT2D eigenvalue weighted by atomic mass is 10.2. The number of methoxy groups -OCH3 is 1. The van der Waals surface area contributed by atoms with E-state index < -0.39 is 0 Å². The van der Waals surface area contributed by atoms with Crippen LogP contribution in [0.3, 0.4) is 0 Å². The molecule has 0 unspecified atom stereocenters. The molecular formula is C23H18ClN7O2S. The Kier molecular flexibility index (Phi) is 5.83. The van der Waals surface area contributed by atoms with Crippen molar-refractivity contribution in [2.75, 3.05) is 17.7 Å². The molecule has 3 aromatic heterocycles. The van der Waals surface area contributed by atoms with Gasteiger partial charge in [-0.1, -0.05) is 17.7 Å². The highest BCUT2D eigenvalue weighted by atomic mass is 35.5. The van der Waals surface area contributed by atoms with Crippen LogP contribution in [0, 0.1) is 6.92 Å². The Morgan fingerprint density at radius 3 is 2.88 bits per heavy atom. The zero-order valence-electron chi connectivity index (χ0n) is 18.1. The van der Waals surface area contributed by atoms with Crippen LogP contribution in [0.15, 0.2) is 54.7 Å². The molecule has 0 radical (unpaired) electrons. The Bertz CT molecular complexity index is 1510. The Morgan fingerprint density at radius 1 is 1.15 bits per heavy atom. The number of aryl methyl sites for hydroxylation is 1. The van der Waals surface area contributed by atoms with Crippen molar-refractivity contribution in [2.24, 2.45) is 0 Å². The van der Waals surface area contributed by atoms with E-state index in [1.165, 1.54) is 11.5 Å². The highest BCUT2D eigenvalue weighted by molar-refractivity contribution is 7.10. The number of benzene rings is 2. The van der Waals surface area contributed by atoms with E-state index >= 15 is 0 Å². The van der Waals surface area contributed by atoms with Gasteiger partial charge in [0, 0.05) is 33.9 Å². The molecule has 0 aliphatic heterocycles. The number of nitrogens with zero attached hydrogens (tertiary/aromatic N) is 4. The smallest absolute Gasteiger partial charge is 0.255 e. The lowest BCUT2D eigenvalue weighted by Crippen LogP contribution is -2.12. The summed E-state index contributed by atoms with van der Waals surface area (Å²) in [6.07, 6.45) is 1.67. The van der Waals surface area contributed by atoms with Crippen LogP contribution in [0.1, 0.15) is 16.1 Å². The van der Waals surface area contributed by atoms with Crippen LogP contribution < -0.4 is 15.4 Å². The van der Waals surface area contributed by atoms with E-state index in [-0.39, 0.29) is 5.91 Å². The summed E-state index contributed by atoms with van der Waals surface area (Å²) >= 11 is 7.68. The number of carbonyl (C=O) groups excluding carboxylic acids is 1. The molecule has 5 rings (SSSR count). The number of rotatable bonds is 6. The van der Waals surface area contributed by atoms with Gasteiger partial charge in [-0.05, 0) is 49.4 Å². The Balaban J connectivity index is 1.37. The summed E-state index contributed by atoms with van der Waals surface area (Å²) in [5.41, 5.74) is 3.88. The van der Waals surface area contributed by atoms with Gasteiger partial charge in [-0.2, -0.15) is 14.5 Å². The zero-order chi connectivity index (χ0) is 23.7. The van der Waals surface area contributed by atoms with Crippen molar-refractivity contribution in [2.45, 2.75) is 6.92 Å². The molecule has 0 aliphatic carbocycles. The number of amides is 1. The van der Waals surface area contributed by atoms with Gasteiger partial charge in [-0.3, -0.25) is 9.89 Å². The van der Waals surface area contributed by atoms with Crippen LogP contribution in [-0.4, -0.2) is 37.6 Å². The fraction of sp³-hybridized carbons (Fsp3) is 0.0870. The molecule has 0 fully saturated rings. The summed E-state index contributed by atoms with van der Waals surface area (Å²) in [6, 6.07) is 14.2. The predicted molar refractivity (Wildman–Crippen MR) is 133 cm³/mol. The third kappa shape index (κ3) is 4.41. The van der Waals surface area contributed by atoms with E-state index in [0.717, 1.165) is 16.6 Å². The van der Waals surface area contributed by atoms with Crippen LogP contribution in [0.25, 0.3) is 22.4 Å². The molecule has 3 N–H and O–H groups in total. The molecular weight excluding hydrogens is 474 g/mol. The summed E-state index contributed by atoms with van der Waals surface area (Å²) in [5, 5.41) is 14.9. The van der Waals surface area contributed by atoms with Gasteiger partial charge < -0.3 is 15.4 Å². The molecule has 0 saturated heterocycles. The fourth-order valence-corrected chi connectivity index (χ4v) is 4.25. The number of fused-ring (bicyclic) bond motifs is 1. The molecule has 2 aromatic carbocycles. The number of pyridine rings is 1. The number of halogens is 1. The molecule has 0 bridgehead atoms. The molecule has 170 valence electrons.